The van der Waals surface area contributed by atoms with E-state index in [-0.39, 0.29) is 5.82 Å². The molecule has 0 aliphatic carbocycles. The molecular weight excluding hydrogens is 261 g/mol. The molecule has 0 fully saturated rings. The molecule has 0 saturated carbocycles. The minimum atomic E-state index is -0.306. The lowest BCUT2D eigenvalue weighted by Gasteiger charge is -2.02. The van der Waals surface area contributed by atoms with Crippen molar-refractivity contribution < 1.29 is 4.39 Å². The number of aromatic amines is 1. The molecule has 5 heteroatoms. The molecule has 3 N–H and O–H groups in total. The van der Waals surface area contributed by atoms with Crippen molar-refractivity contribution in [3.8, 4) is 11.3 Å². The van der Waals surface area contributed by atoms with Gasteiger partial charge in [0, 0.05) is 16.6 Å². The molecule has 0 saturated heterocycles. The second kappa shape index (κ2) is 4.12. The zero-order chi connectivity index (χ0) is 10.8. The van der Waals surface area contributed by atoms with E-state index in [1.54, 1.807) is 12.1 Å². The molecule has 2 rings (SSSR count). The predicted molar refractivity (Wildman–Crippen MR) is 59.6 cm³/mol. The van der Waals surface area contributed by atoms with E-state index in [4.69, 9.17) is 5.73 Å². The summed E-state index contributed by atoms with van der Waals surface area (Å²) in [5.74, 6) is -0.306. The lowest BCUT2D eigenvalue weighted by Crippen LogP contribution is -1.99. The van der Waals surface area contributed by atoms with Crippen molar-refractivity contribution in [3.63, 3.8) is 0 Å². The molecule has 0 atom stereocenters. The first-order chi connectivity index (χ1) is 7.22. The highest BCUT2D eigenvalue weighted by Gasteiger charge is 2.11. The summed E-state index contributed by atoms with van der Waals surface area (Å²) in [4.78, 5) is 6.95. The predicted octanol–water partition coefficient (Wildman–Crippen LogP) is 2.44. The molecule has 2 aromatic rings. The summed E-state index contributed by atoms with van der Waals surface area (Å²) in [7, 11) is 0. The van der Waals surface area contributed by atoms with Gasteiger partial charge >= 0.3 is 0 Å². The van der Waals surface area contributed by atoms with Crippen LogP contribution in [0.25, 0.3) is 11.3 Å². The van der Waals surface area contributed by atoms with E-state index >= 15 is 0 Å². The monoisotopic (exact) mass is 269 g/mol. The first-order valence-electron chi connectivity index (χ1n) is 4.40. The van der Waals surface area contributed by atoms with Crippen LogP contribution in [0.15, 0.2) is 29.0 Å². The molecule has 0 amide bonds. The fourth-order valence-corrected chi connectivity index (χ4v) is 1.75. The van der Waals surface area contributed by atoms with Crippen LogP contribution in [-0.4, -0.2) is 9.97 Å². The Morgan fingerprint density at radius 2 is 2.27 bits per heavy atom. The van der Waals surface area contributed by atoms with Gasteiger partial charge in [-0.1, -0.05) is 15.9 Å². The maximum atomic E-state index is 13.5. The lowest BCUT2D eigenvalue weighted by atomic mass is 10.1. The van der Waals surface area contributed by atoms with Gasteiger partial charge in [-0.2, -0.15) is 0 Å². The van der Waals surface area contributed by atoms with Crippen molar-refractivity contribution in [2.24, 2.45) is 5.73 Å². The first-order valence-corrected chi connectivity index (χ1v) is 5.19. The largest absolute Gasteiger partial charge is 0.347 e. The number of halogens is 2. The first kappa shape index (κ1) is 10.3. The van der Waals surface area contributed by atoms with E-state index in [0.717, 1.165) is 10.2 Å². The van der Waals surface area contributed by atoms with Crippen molar-refractivity contribution in [2.45, 2.75) is 6.54 Å². The Balaban J connectivity index is 2.58. The SMILES string of the molecule is NCc1[nH]cnc1-c1cc(Br)ccc1F. The molecule has 0 spiro atoms. The Morgan fingerprint density at radius 3 is 3.00 bits per heavy atom. The normalized spacial score (nSPS) is 10.6. The molecule has 1 aromatic heterocycles. The van der Waals surface area contributed by atoms with Gasteiger partial charge in [0.05, 0.1) is 17.7 Å². The summed E-state index contributed by atoms with van der Waals surface area (Å²) >= 11 is 3.29. The van der Waals surface area contributed by atoms with Gasteiger partial charge < -0.3 is 10.7 Å². The minimum absolute atomic E-state index is 0.306. The fourth-order valence-electron chi connectivity index (χ4n) is 1.39. The van der Waals surface area contributed by atoms with E-state index in [9.17, 15) is 4.39 Å². The number of nitrogens with zero attached hydrogens (tertiary/aromatic N) is 1. The van der Waals surface area contributed by atoms with Crippen LogP contribution in [0.1, 0.15) is 5.69 Å². The summed E-state index contributed by atoms with van der Waals surface area (Å²) in [6, 6.07) is 4.73. The number of hydrogen-bond donors (Lipinski definition) is 2. The highest BCUT2D eigenvalue weighted by atomic mass is 79.9. The molecule has 3 nitrogen and oxygen atoms in total. The van der Waals surface area contributed by atoms with Crippen molar-refractivity contribution in [3.05, 3.63) is 40.5 Å². The van der Waals surface area contributed by atoms with E-state index < -0.39 is 0 Å². The highest BCUT2D eigenvalue weighted by Crippen LogP contribution is 2.26. The Labute approximate surface area is 94.7 Å². The smallest absolute Gasteiger partial charge is 0.132 e. The number of benzene rings is 1. The Kier molecular flexibility index (Phi) is 2.83. The molecule has 0 aliphatic rings. The van der Waals surface area contributed by atoms with Crippen molar-refractivity contribution in [1.29, 1.82) is 0 Å². The third kappa shape index (κ3) is 1.93. The maximum absolute atomic E-state index is 13.5. The number of imidazole rings is 1. The third-order valence-electron chi connectivity index (χ3n) is 2.11. The summed E-state index contributed by atoms with van der Waals surface area (Å²) in [6.45, 7) is 0.307. The van der Waals surface area contributed by atoms with Crippen LogP contribution in [0, 0.1) is 5.82 Å². The average molecular weight is 270 g/mol. The Bertz CT molecular complexity index is 481. The van der Waals surface area contributed by atoms with E-state index in [1.807, 2.05) is 0 Å². The van der Waals surface area contributed by atoms with Gasteiger partial charge in [0.2, 0.25) is 0 Å². The molecule has 0 radical (unpaired) electrons. The van der Waals surface area contributed by atoms with Crippen molar-refractivity contribution >= 4 is 15.9 Å². The number of hydrogen-bond acceptors (Lipinski definition) is 2. The number of nitrogens with one attached hydrogen (secondary N) is 1. The van der Waals surface area contributed by atoms with Crippen LogP contribution in [0.2, 0.25) is 0 Å². The van der Waals surface area contributed by atoms with Crippen LogP contribution < -0.4 is 5.73 Å². The second-order valence-electron chi connectivity index (χ2n) is 3.06. The van der Waals surface area contributed by atoms with Crippen LogP contribution in [0.5, 0.6) is 0 Å². The van der Waals surface area contributed by atoms with Crippen LogP contribution in [0.3, 0.4) is 0 Å². The summed E-state index contributed by atoms with van der Waals surface area (Å²) in [5.41, 5.74) is 7.26. The van der Waals surface area contributed by atoms with Gasteiger partial charge in [0.15, 0.2) is 0 Å². The highest BCUT2D eigenvalue weighted by molar-refractivity contribution is 9.10. The molecule has 1 heterocycles. The lowest BCUT2D eigenvalue weighted by molar-refractivity contribution is 0.630. The van der Waals surface area contributed by atoms with Gasteiger partial charge in [0.1, 0.15) is 5.82 Å². The topological polar surface area (TPSA) is 54.7 Å². The molecule has 0 aliphatic heterocycles. The van der Waals surface area contributed by atoms with Gasteiger partial charge in [-0.25, -0.2) is 9.37 Å². The van der Waals surface area contributed by atoms with Gasteiger partial charge in [-0.15, -0.1) is 0 Å². The van der Waals surface area contributed by atoms with Crippen molar-refractivity contribution in [1.82, 2.24) is 9.97 Å². The zero-order valence-electron chi connectivity index (χ0n) is 7.80. The molecule has 0 bridgehead atoms. The number of nitrogens with two attached hydrogens (primary N) is 1. The molecular formula is C10H9BrFN3. The standard InChI is InChI=1S/C10H9BrFN3/c11-6-1-2-8(12)7(3-6)10-9(4-13)14-5-15-10/h1-3,5H,4,13H2,(H,14,15). The van der Waals surface area contributed by atoms with Gasteiger partial charge in [-0.3, -0.25) is 0 Å². The number of H-pyrrole nitrogens is 1. The summed E-state index contributed by atoms with van der Waals surface area (Å²) in [5, 5.41) is 0. The van der Waals surface area contributed by atoms with Gasteiger partial charge in [0.25, 0.3) is 0 Å². The quantitative estimate of drug-likeness (QED) is 0.880. The third-order valence-corrected chi connectivity index (χ3v) is 2.60. The Hall–Kier alpha value is -1.20. The second-order valence-corrected chi connectivity index (χ2v) is 3.97. The van der Waals surface area contributed by atoms with Gasteiger partial charge in [-0.05, 0) is 18.2 Å². The molecule has 15 heavy (non-hydrogen) atoms. The number of aromatic nitrogens is 2. The van der Waals surface area contributed by atoms with Crippen LogP contribution in [0.4, 0.5) is 4.39 Å². The van der Waals surface area contributed by atoms with E-state index in [0.29, 0.717) is 17.8 Å². The number of rotatable bonds is 2. The molecule has 78 valence electrons. The molecule has 0 unspecified atom stereocenters. The average Bonchev–Trinajstić information content (AvgIpc) is 2.69. The Morgan fingerprint density at radius 1 is 1.47 bits per heavy atom. The summed E-state index contributed by atoms with van der Waals surface area (Å²) < 4.78 is 14.3. The minimum Gasteiger partial charge on any atom is -0.347 e. The fraction of sp³-hybridized carbons (Fsp3) is 0.100. The maximum Gasteiger partial charge on any atom is 0.132 e. The van der Waals surface area contributed by atoms with Crippen LogP contribution >= 0.6 is 15.9 Å². The molecule has 1 aromatic carbocycles. The van der Waals surface area contributed by atoms with Crippen molar-refractivity contribution in [2.75, 3.05) is 0 Å². The van der Waals surface area contributed by atoms with Crippen LogP contribution in [-0.2, 0) is 6.54 Å². The van der Waals surface area contributed by atoms with E-state index in [2.05, 4.69) is 25.9 Å². The van der Waals surface area contributed by atoms with E-state index in [1.165, 1.54) is 12.4 Å². The summed E-state index contributed by atoms with van der Waals surface area (Å²) in [6.07, 6.45) is 1.51. The zero-order valence-corrected chi connectivity index (χ0v) is 9.38.